The molecule has 1 aliphatic rings. The molecule has 100 valence electrons. The van der Waals surface area contributed by atoms with Crippen molar-refractivity contribution in [3.05, 3.63) is 39.1 Å². The van der Waals surface area contributed by atoms with Crippen LogP contribution in [-0.4, -0.2) is 36.6 Å². The van der Waals surface area contributed by atoms with Gasteiger partial charge in [-0.1, -0.05) is 28.1 Å². The van der Waals surface area contributed by atoms with Gasteiger partial charge in [0, 0.05) is 35.1 Å². The van der Waals surface area contributed by atoms with Gasteiger partial charge in [-0.25, -0.2) is 4.98 Å². The summed E-state index contributed by atoms with van der Waals surface area (Å²) in [6, 6.07) is 8.68. The van der Waals surface area contributed by atoms with Crippen molar-refractivity contribution >= 4 is 27.3 Å². The Balaban J connectivity index is 1.81. The molecule has 1 aliphatic heterocycles. The van der Waals surface area contributed by atoms with Crippen LogP contribution in [0.4, 0.5) is 0 Å². The van der Waals surface area contributed by atoms with Gasteiger partial charge in [0.15, 0.2) is 0 Å². The molecule has 0 spiro atoms. The van der Waals surface area contributed by atoms with Crippen LogP contribution in [0.15, 0.2) is 34.1 Å². The lowest BCUT2D eigenvalue weighted by Gasteiger charge is -2.29. The molecule has 1 unspecified atom stereocenters. The maximum atomic E-state index is 4.78. The van der Waals surface area contributed by atoms with E-state index in [0.717, 1.165) is 29.8 Å². The third-order valence-corrected chi connectivity index (χ3v) is 4.83. The third kappa shape index (κ3) is 3.05. The van der Waals surface area contributed by atoms with E-state index >= 15 is 0 Å². The van der Waals surface area contributed by atoms with Crippen molar-refractivity contribution in [1.29, 1.82) is 0 Å². The van der Waals surface area contributed by atoms with E-state index in [1.54, 1.807) is 11.3 Å². The lowest BCUT2D eigenvalue weighted by molar-refractivity contribution is 0.240. The molecule has 0 radical (unpaired) electrons. The third-order valence-electron chi connectivity index (χ3n) is 3.34. The topological polar surface area (TPSA) is 28.2 Å². The number of likely N-dealkylation sites (N-methyl/N-ethyl adjacent to an activating group) is 1. The van der Waals surface area contributed by atoms with Gasteiger partial charge < -0.3 is 10.2 Å². The average molecular weight is 338 g/mol. The first-order valence-corrected chi connectivity index (χ1v) is 8.03. The van der Waals surface area contributed by atoms with Crippen LogP contribution in [0, 0.1) is 0 Å². The summed E-state index contributed by atoms with van der Waals surface area (Å²) in [6.45, 7) is 3.18. The van der Waals surface area contributed by atoms with Crippen LogP contribution >= 0.6 is 27.3 Å². The van der Waals surface area contributed by atoms with Gasteiger partial charge in [-0.15, -0.1) is 11.3 Å². The summed E-state index contributed by atoms with van der Waals surface area (Å²) in [5.41, 5.74) is 2.25. The average Bonchev–Trinajstić information content (AvgIpc) is 2.89. The van der Waals surface area contributed by atoms with Crippen LogP contribution in [0.25, 0.3) is 11.3 Å². The molecule has 0 saturated carbocycles. The normalized spacial score (nSPS) is 20.6. The molecule has 19 heavy (non-hydrogen) atoms. The number of aromatic nitrogens is 1. The van der Waals surface area contributed by atoms with Gasteiger partial charge in [-0.3, -0.25) is 0 Å². The Hall–Kier alpha value is -0.750. The number of hydrogen-bond acceptors (Lipinski definition) is 4. The minimum Gasteiger partial charge on any atom is -0.306 e. The van der Waals surface area contributed by atoms with Crippen molar-refractivity contribution < 1.29 is 0 Å². The summed E-state index contributed by atoms with van der Waals surface area (Å²) < 4.78 is 1.10. The number of nitrogens with one attached hydrogen (secondary N) is 1. The zero-order valence-electron chi connectivity index (χ0n) is 10.8. The summed E-state index contributed by atoms with van der Waals surface area (Å²) in [6.07, 6.45) is 0. The summed E-state index contributed by atoms with van der Waals surface area (Å²) in [7, 11) is 2.16. The van der Waals surface area contributed by atoms with Crippen molar-refractivity contribution in [1.82, 2.24) is 15.2 Å². The van der Waals surface area contributed by atoms with Gasteiger partial charge in [0.2, 0.25) is 0 Å². The van der Waals surface area contributed by atoms with Crippen molar-refractivity contribution in [3.8, 4) is 11.3 Å². The Bertz CT molecular complexity index is 552. The largest absolute Gasteiger partial charge is 0.306 e. The molecule has 1 N–H and O–H groups in total. The number of hydrogen-bond donors (Lipinski definition) is 1. The van der Waals surface area contributed by atoms with Gasteiger partial charge in [-0.05, 0) is 19.2 Å². The molecule has 0 bridgehead atoms. The van der Waals surface area contributed by atoms with Crippen molar-refractivity contribution in [2.45, 2.75) is 6.04 Å². The standard InChI is InChI=1S/C14H16BrN3S/c1-18-7-6-16-12(8-18)14-17-13(9-19-14)10-2-4-11(15)5-3-10/h2-5,9,12,16H,6-8H2,1H3. The number of rotatable bonds is 2. The first kappa shape index (κ1) is 13.2. The van der Waals surface area contributed by atoms with Crippen LogP contribution in [-0.2, 0) is 0 Å². The molecule has 1 saturated heterocycles. The highest BCUT2D eigenvalue weighted by molar-refractivity contribution is 9.10. The molecule has 1 aromatic heterocycles. The lowest BCUT2D eigenvalue weighted by Crippen LogP contribution is -2.43. The molecule has 1 fully saturated rings. The van der Waals surface area contributed by atoms with Crippen LogP contribution in [0.5, 0.6) is 0 Å². The maximum absolute atomic E-state index is 4.78. The summed E-state index contributed by atoms with van der Waals surface area (Å²) in [4.78, 5) is 7.13. The zero-order valence-corrected chi connectivity index (χ0v) is 13.2. The number of piperazine rings is 1. The molecular weight excluding hydrogens is 322 g/mol. The molecule has 0 amide bonds. The smallest absolute Gasteiger partial charge is 0.112 e. The fourth-order valence-electron chi connectivity index (χ4n) is 2.26. The van der Waals surface area contributed by atoms with E-state index in [-0.39, 0.29) is 0 Å². The predicted octanol–water partition coefficient (Wildman–Crippen LogP) is 3.15. The quantitative estimate of drug-likeness (QED) is 0.912. The van der Waals surface area contributed by atoms with E-state index in [9.17, 15) is 0 Å². The molecule has 2 aromatic rings. The monoisotopic (exact) mass is 337 g/mol. The molecule has 3 rings (SSSR count). The van der Waals surface area contributed by atoms with Crippen molar-refractivity contribution in [3.63, 3.8) is 0 Å². The van der Waals surface area contributed by atoms with E-state index in [1.165, 1.54) is 10.6 Å². The Morgan fingerprint density at radius 2 is 2.16 bits per heavy atom. The first-order chi connectivity index (χ1) is 9.22. The molecule has 2 heterocycles. The van der Waals surface area contributed by atoms with Gasteiger partial charge in [0.1, 0.15) is 5.01 Å². The Labute approximate surface area is 125 Å². The minimum absolute atomic E-state index is 0.368. The summed E-state index contributed by atoms with van der Waals surface area (Å²) >= 11 is 5.20. The van der Waals surface area contributed by atoms with E-state index in [1.807, 2.05) is 0 Å². The second-order valence-electron chi connectivity index (χ2n) is 4.85. The van der Waals surface area contributed by atoms with Gasteiger partial charge >= 0.3 is 0 Å². The Kier molecular flexibility index (Phi) is 3.98. The Morgan fingerprint density at radius 1 is 1.37 bits per heavy atom. The van der Waals surface area contributed by atoms with Crippen LogP contribution in [0.3, 0.4) is 0 Å². The number of halogens is 1. The number of nitrogens with zero attached hydrogens (tertiary/aromatic N) is 2. The molecule has 1 atom stereocenters. The fraction of sp³-hybridized carbons (Fsp3) is 0.357. The first-order valence-electron chi connectivity index (χ1n) is 6.35. The predicted molar refractivity (Wildman–Crippen MR) is 83.5 cm³/mol. The van der Waals surface area contributed by atoms with Crippen LogP contribution < -0.4 is 5.32 Å². The van der Waals surface area contributed by atoms with Gasteiger partial charge in [-0.2, -0.15) is 0 Å². The zero-order chi connectivity index (χ0) is 13.2. The van der Waals surface area contributed by atoms with Gasteiger partial charge in [0.05, 0.1) is 11.7 Å². The second kappa shape index (κ2) is 5.71. The highest BCUT2D eigenvalue weighted by Gasteiger charge is 2.21. The number of benzene rings is 1. The lowest BCUT2D eigenvalue weighted by atomic mass is 10.2. The number of thiazole rings is 1. The highest BCUT2D eigenvalue weighted by Crippen LogP contribution is 2.27. The van der Waals surface area contributed by atoms with E-state index in [0.29, 0.717) is 6.04 Å². The minimum atomic E-state index is 0.368. The fourth-order valence-corrected chi connectivity index (χ4v) is 3.42. The molecular formula is C14H16BrN3S. The molecule has 3 nitrogen and oxygen atoms in total. The summed E-state index contributed by atoms with van der Waals surface area (Å²) in [5.74, 6) is 0. The highest BCUT2D eigenvalue weighted by atomic mass is 79.9. The maximum Gasteiger partial charge on any atom is 0.112 e. The Morgan fingerprint density at radius 3 is 2.89 bits per heavy atom. The van der Waals surface area contributed by atoms with Crippen LogP contribution in [0.2, 0.25) is 0 Å². The van der Waals surface area contributed by atoms with E-state index in [4.69, 9.17) is 4.98 Å². The molecule has 0 aliphatic carbocycles. The van der Waals surface area contributed by atoms with Crippen molar-refractivity contribution in [2.75, 3.05) is 26.7 Å². The van der Waals surface area contributed by atoms with Crippen molar-refractivity contribution in [2.24, 2.45) is 0 Å². The van der Waals surface area contributed by atoms with E-state index < -0.39 is 0 Å². The molecule has 5 heteroatoms. The summed E-state index contributed by atoms with van der Waals surface area (Å²) in [5, 5.41) is 6.87. The SMILES string of the molecule is CN1CCNC(c2nc(-c3ccc(Br)cc3)cs2)C1. The second-order valence-corrected chi connectivity index (χ2v) is 6.65. The molecule has 1 aromatic carbocycles. The van der Waals surface area contributed by atoms with Gasteiger partial charge in [0.25, 0.3) is 0 Å². The van der Waals surface area contributed by atoms with E-state index in [2.05, 4.69) is 62.8 Å². The van der Waals surface area contributed by atoms with Crippen LogP contribution in [0.1, 0.15) is 11.0 Å².